The predicted octanol–water partition coefficient (Wildman–Crippen LogP) is 0.614. The Hall–Kier alpha value is -1.64. The van der Waals surface area contributed by atoms with Crippen LogP contribution in [0, 0.1) is 0 Å². The van der Waals surface area contributed by atoms with E-state index >= 15 is 0 Å². The average molecular weight is 264 g/mol. The molecule has 1 fully saturated rings. The molecule has 2 N–H and O–H groups in total. The summed E-state index contributed by atoms with van der Waals surface area (Å²) in [5.74, 6) is -0.686. The molecular weight excluding hydrogens is 253 g/mol. The largest absolute Gasteiger partial charge is 0.401 e. The minimum absolute atomic E-state index is 0.0554. The Morgan fingerprint density at radius 2 is 2.17 bits per heavy atom. The number of amides is 1. The summed E-state index contributed by atoms with van der Waals surface area (Å²) < 4.78 is 40.2. The molecule has 18 heavy (non-hydrogen) atoms. The molecule has 0 bridgehead atoms. The van der Waals surface area contributed by atoms with Crippen molar-refractivity contribution in [2.45, 2.75) is 31.6 Å². The van der Waals surface area contributed by atoms with Crippen LogP contribution < -0.4 is 10.6 Å². The van der Waals surface area contributed by atoms with Crippen molar-refractivity contribution < 1.29 is 22.5 Å². The first-order valence-corrected chi connectivity index (χ1v) is 5.35. The molecule has 1 aromatic heterocycles. The molecule has 0 aliphatic heterocycles. The van der Waals surface area contributed by atoms with Crippen molar-refractivity contribution in [1.82, 2.24) is 20.8 Å². The molecule has 0 unspecified atom stereocenters. The topological polar surface area (TPSA) is 80.0 Å². The number of nitrogens with zero attached hydrogens (tertiary/aromatic N) is 2. The third-order valence-corrected chi connectivity index (χ3v) is 2.19. The van der Waals surface area contributed by atoms with E-state index in [4.69, 9.17) is 0 Å². The van der Waals surface area contributed by atoms with Crippen LogP contribution in [0.15, 0.2) is 4.52 Å². The van der Waals surface area contributed by atoms with Gasteiger partial charge in [0, 0.05) is 6.04 Å². The van der Waals surface area contributed by atoms with Crippen molar-refractivity contribution in [1.29, 1.82) is 0 Å². The summed E-state index contributed by atoms with van der Waals surface area (Å²) in [5.41, 5.74) is 0. The highest BCUT2D eigenvalue weighted by molar-refractivity contribution is 5.90. The van der Waals surface area contributed by atoms with Crippen LogP contribution in [0.4, 0.5) is 13.2 Å². The number of alkyl halides is 3. The second-order valence-corrected chi connectivity index (χ2v) is 3.98. The van der Waals surface area contributed by atoms with Gasteiger partial charge in [-0.1, -0.05) is 5.16 Å². The Bertz CT molecular complexity index is 428. The minimum Gasteiger partial charge on any atom is -0.346 e. The highest BCUT2D eigenvalue weighted by Gasteiger charge is 2.27. The number of rotatable bonds is 5. The number of halogens is 3. The fourth-order valence-electron chi connectivity index (χ4n) is 1.21. The van der Waals surface area contributed by atoms with Crippen molar-refractivity contribution in [2.24, 2.45) is 0 Å². The smallest absolute Gasteiger partial charge is 0.346 e. The molecule has 6 nitrogen and oxygen atoms in total. The number of carbonyl (C=O) groups is 1. The van der Waals surface area contributed by atoms with E-state index in [-0.39, 0.29) is 24.3 Å². The summed E-state index contributed by atoms with van der Waals surface area (Å²) >= 11 is 0. The molecule has 9 heteroatoms. The normalized spacial score (nSPS) is 15.7. The van der Waals surface area contributed by atoms with Gasteiger partial charge in [-0.2, -0.15) is 18.2 Å². The molecule has 1 saturated carbocycles. The average Bonchev–Trinajstić information content (AvgIpc) is 2.93. The summed E-state index contributed by atoms with van der Waals surface area (Å²) in [6.07, 6.45) is -2.46. The van der Waals surface area contributed by atoms with Crippen molar-refractivity contribution in [3.8, 4) is 0 Å². The van der Waals surface area contributed by atoms with E-state index in [1.54, 1.807) is 0 Å². The zero-order valence-electron chi connectivity index (χ0n) is 9.25. The standard InChI is InChI=1S/C9H11F3N4O2/c10-9(11,12)4-13-3-6-15-7(16-18-6)8(17)14-5-1-2-5/h5,13H,1-4H2,(H,14,17). The quantitative estimate of drug-likeness (QED) is 0.814. The van der Waals surface area contributed by atoms with Gasteiger partial charge in [-0.25, -0.2) is 0 Å². The molecule has 0 aromatic carbocycles. The zero-order valence-corrected chi connectivity index (χ0v) is 9.25. The predicted molar refractivity (Wildman–Crippen MR) is 52.5 cm³/mol. The van der Waals surface area contributed by atoms with Crippen LogP contribution in [0.3, 0.4) is 0 Å². The van der Waals surface area contributed by atoms with Crippen LogP contribution in [0.2, 0.25) is 0 Å². The zero-order chi connectivity index (χ0) is 13.2. The van der Waals surface area contributed by atoms with E-state index in [2.05, 4.69) is 25.3 Å². The number of carbonyl (C=O) groups excluding carboxylic acids is 1. The van der Waals surface area contributed by atoms with Gasteiger partial charge < -0.3 is 15.2 Å². The lowest BCUT2D eigenvalue weighted by molar-refractivity contribution is -0.125. The number of nitrogens with one attached hydrogen (secondary N) is 2. The van der Waals surface area contributed by atoms with Gasteiger partial charge in [0.2, 0.25) is 5.89 Å². The van der Waals surface area contributed by atoms with Crippen molar-refractivity contribution in [3.63, 3.8) is 0 Å². The maximum Gasteiger partial charge on any atom is 0.401 e. The van der Waals surface area contributed by atoms with Gasteiger partial charge in [-0.05, 0) is 12.8 Å². The van der Waals surface area contributed by atoms with Gasteiger partial charge in [0.05, 0.1) is 13.1 Å². The van der Waals surface area contributed by atoms with E-state index in [0.717, 1.165) is 12.8 Å². The molecule has 100 valence electrons. The van der Waals surface area contributed by atoms with E-state index in [9.17, 15) is 18.0 Å². The number of hydrogen-bond acceptors (Lipinski definition) is 5. The first-order valence-electron chi connectivity index (χ1n) is 5.35. The van der Waals surface area contributed by atoms with Gasteiger partial charge in [-0.3, -0.25) is 4.79 Å². The fraction of sp³-hybridized carbons (Fsp3) is 0.667. The Kier molecular flexibility index (Phi) is 3.50. The third-order valence-electron chi connectivity index (χ3n) is 2.19. The van der Waals surface area contributed by atoms with Crippen LogP contribution in [0.5, 0.6) is 0 Å². The molecule has 1 aliphatic carbocycles. The molecule has 1 heterocycles. The second kappa shape index (κ2) is 4.92. The first-order chi connectivity index (χ1) is 8.44. The van der Waals surface area contributed by atoms with E-state index in [1.165, 1.54) is 0 Å². The lowest BCUT2D eigenvalue weighted by Crippen LogP contribution is -2.28. The molecule has 0 atom stereocenters. The van der Waals surface area contributed by atoms with Crippen LogP contribution in [-0.4, -0.2) is 34.8 Å². The van der Waals surface area contributed by atoms with Crippen molar-refractivity contribution in [3.05, 3.63) is 11.7 Å². The highest BCUT2D eigenvalue weighted by atomic mass is 19.4. The van der Waals surface area contributed by atoms with E-state index in [0.29, 0.717) is 0 Å². The summed E-state index contributed by atoms with van der Waals surface area (Å²) in [4.78, 5) is 15.1. The van der Waals surface area contributed by atoms with Crippen LogP contribution in [-0.2, 0) is 6.54 Å². The summed E-state index contributed by atoms with van der Waals surface area (Å²) in [5, 5.41) is 8.13. The number of hydrogen-bond donors (Lipinski definition) is 2. The SMILES string of the molecule is O=C(NC1CC1)c1noc(CNCC(F)(F)F)n1. The minimum atomic E-state index is -4.30. The Balaban J connectivity index is 1.80. The van der Waals surface area contributed by atoms with E-state index < -0.39 is 18.6 Å². The lowest BCUT2D eigenvalue weighted by Gasteiger charge is -2.05. The van der Waals surface area contributed by atoms with Gasteiger partial charge in [0.25, 0.3) is 11.7 Å². The first kappa shape index (κ1) is 12.8. The monoisotopic (exact) mass is 264 g/mol. The van der Waals surface area contributed by atoms with Gasteiger partial charge >= 0.3 is 6.18 Å². The molecule has 1 amide bonds. The van der Waals surface area contributed by atoms with Crippen molar-refractivity contribution >= 4 is 5.91 Å². The number of aromatic nitrogens is 2. The molecule has 1 aliphatic rings. The molecule has 0 spiro atoms. The lowest BCUT2D eigenvalue weighted by atomic mass is 10.5. The molecule has 1 aromatic rings. The Morgan fingerprint density at radius 1 is 1.44 bits per heavy atom. The summed E-state index contributed by atoms with van der Waals surface area (Å²) in [7, 11) is 0. The van der Waals surface area contributed by atoms with Crippen LogP contribution in [0.1, 0.15) is 29.4 Å². The molecular formula is C9H11F3N4O2. The van der Waals surface area contributed by atoms with E-state index in [1.807, 2.05) is 0 Å². The highest BCUT2D eigenvalue weighted by Crippen LogP contribution is 2.19. The van der Waals surface area contributed by atoms with Crippen LogP contribution >= 0.6 is 0 Å². The van der Waals surface area contributed by atoms with Gasteiger partial charge in [0.1, 0.15) is 0 Å². The fourth-order valence-corrected chi connectivity index (χ4v) is 1.21. The van der Waals surface area contributed by atoms with Crippen molar-refractivity contribution in [2.75, 3.05) is 6.54 Å². The van der Waals surface area contributed by atoms with Gasteiger partial charge in [-0.15, -0.1) is 0 Å². The maximum absolute atomic E-state index is 11.8. The Labute approximate surface area is 99.9 Å². The summed E-state index contributed by atoms with van der Waals surface area (Å²) in [6.45, 7) is -1.39. The second-order valence-electron chi connectivity index (χ2n) is 3.98. The Morgan fingerprint density at radius 3 is 2.78 bits per heavy atom. The molecule has 2 rings (SSSR count). The molecule has 0 radical (unpaired) electrons. The maximum atomic E-state index is 11.8. The molecule has 0 saturated heterocycles. The third kappa shape index (κ3) is 3.99. The van der Waals surface area contributed by atoms with Gasteiger partial charge in [0.15, 0.2) is 0 Å². The summed E-state index contributed by atoms with van der Waals surface area (Å²) in [6, 6.07) is 0.155. The van der Waals surface area contributed by atoms with Crippen LogP contribution in [0.25, 0.3) is 0 Å².